The van der Waals surface area contributed by atoms with Gasteiger partial charge in [-0.25, -0.2) is 4.98 Å². The average molecular weight is 582 g/mol. The molecule has 1 heterocycles. The van der Waals surface area contributed by atoms with Crippen molar-refractivity contribution in [2.24, 2.45) is 0 Å². The highest BCUT2D eigenvalue weighted by Crippen LogP contribution is 2.42. The Hall–Kier alpha value is -5.46. The van der Waals surface area contributed by atoms with Crippen LogP contribution < -0.4 is 0 Å². The van der Waals surface area contributed by atoms with Gasteiger partial charge in [-0.2, -0.15) is 5.26 Å². The molecule has 218 valence electrons. The minimum Gasteiger partial charge on any atom is -0.291 e. The molecule has 0 fully saturated rings. The number of fused-ring (bicyclic) bond motifs is 3. The quantitative estimate of drug-likeness (QED) is 0.196. The SMILES string of the molecule is CC(C)c1cc(-c2ccc(-c3ccccc3)cc2)cc(C(C)C)c1-n1c(-c2ccccc2)nc2ccc3cc(C#N)ccc3c21. The molecule has 0 spiro atoms. The number of nitriles is 1. The summed E-state index contributed by atoms with van der Waals surface area (Å²) in [5, 5.41) is 11.7. The number of hydrogen-bond acceptors (Lipinski definition) is 2. The smallest absolute Gasteiger partial charge is 0.145 e. The second-order valence-corrected chi connectivity index (χ2v) is 12.4. The van der Waals surface area contributed by atoms with Gasteiger partial charge in [-0.3, -0.25) is 4.57 Å². The Morgan fingerprint density at radius 2 is 1.13 bits per heavy atom. The number of rotatable bonds is 6. The maximum absolute atomic E-state index is 9.62. The van der Waals surface area contributed by atoms with Crippen molar-refractivity contribution in [1.29, 1.82) is 5.26 Å². The predicted molar refractivity (Wildman–Crippen MR) is 188 cm³/mol. The molecular weight excluding hydrogens is 546 g/mol. The Balaban J connectivity index is 1.52. The Labute approximate surface area is 265 Å². The first-order chi connectivity index (χ1) is 21.9. The van der Waals surface area contributed by atoms with E-state index in [2.05, 4.69) is 148 Å². The molecule has 0 radical (unpaired) electrons. The average Bonchev–Trinajstić information content (AvgIpc) is 3.48. The molecule has 3 heteroatoms. The molecule has 0 aliphatic rings. The lowest BCUT2D eigenvalue weighted by atomic mass is 9.87. The van der Waals surface area contributed by atoms with Gasteiger partial charge in [-0.1, -0.05) is 125 Å². The molecular formula is C42H35N3. The molecule has 6 aromatic carbocycles. The molecule has 0 amide bonds. The summed E-state index contributed by atoms with van der Waals surface area (Å²) in [5.41, 5.74) is 12.4. The highest BCUT2D eigenvalue weighted by Gasteiger charge is 2.24. The summed E-state index contributed by atoms with van der Waals surface area (Å²) in [6.07, 6.45) is 0. The Kier molecular flexibility index (Phi) is 7.28. The van der Waals surface area contributed by atoms with Crippen LogP contribution in [0.25, 0.3) is 61.1 Å². The first kappa shape index (κ1) is 28.3. The zero-order chi connectivity index (χ0) is 31.1. The van der Waals surface area contributed by atoms with Crippen molar-refractivity contribution in [3.8, 4) is 45.4 Å². The highest BCUT2D eigenvalue weighted by molar-refractivity contribution is 6.07. The first-order valence-electron chi connectivity index (χ1n) is 15.7. The van der Waals surface area contributed by atoms with E-state index in [1.807, 2.05) is 18.2 Å². The van der Waals surface area contributed by atoms with E-state index in [-0.39, 0.29) is 11.8 Å². The lowest BCUT2D eigenvalue weighted by molar-refractivity contribution is 0.812. The third-order valence-electron chi connectivity index (χ3n) is 8.75. The fourth-order valence-electron chi connectivity index (χ4n) is 6.44. The molecule has 7 rings (SSSR count). The van der Waals surface area contributed by atoms with Gasteiger partial charge in [0.25, 0.3) is 0 Å². The summed E-state index contributed by atoms with van der Waals surface area (Å²) >= 11 is 0. The molecule has 0 saturated heterocycles. The molecule has 0 atom stereocenters. The molecule has 3 nitrogen and oxygen atoms in total. The van der Waals surface area contributed by atoms with E-state index in [1.165, 1.54) is 39.1 Å². The normalized spacial score (nSPS) is 11.5. The lowest BCUT2D eigenvalue weighted by Crippen LogP contribution is -2.09. The van der Waals surface area contributed by atoms with Gasteiger partial charge in [0.1, 0.15) is 5.82 Å². The maximum Gasteiger partial charge on any atom is 0.145 e. The molecule has 0 bridgehead atoms. The van der Waals surface area contributed by atoms with Crippen LogP contribution in [-0.4, -0.2) is 9.55 Å². The van der Waals surface area contributed by atoms with Gasteiger partial charge in [0.15, 0.2) is 0 Å². The second-order valence-electron chi connectivity index (χ2n) is 12.4. The van der Waals surface area contributed by atoms with E-state index in [0.717, 1.165) is 33.2 Å². The van der Waals surface area contributed by atoms with Gasteiger partial charge >= 0.3 is 0 Å². The zero-order valence-corrected chi connectivity index (χ0v) is 26.1. The summed E-state index contributed by atoms with van der Waals surface area (Å²) in [7, 11) is 0. The van der Waals surface area contributed by atoms with Crippen molar-refractivity contribution in [2.45, 2.75) is 39.5 Å². The zero-order valence-electron chi connectivity index (χ0n) is 26.1. The molecule has 0 N–H and O–H groups in total. The van der Waals surface area contributed by atoms with Crippen molar-refractivity contribution >= 4 is 21.8 Å². The fourth-order valence-corrected chi connectivity index (χ4v) is 6.44. The van der Waals surface area contributed by atoms with Crippen LogP contribution in [0, 0.1) is 11.3 Å². The van der Waals surface area contributed by atoms with Crippen LogP contribution in [0.1, 0.15) is 56.2 Å². The van der Waals surface area contributed by atoms with Crippen LogP contribution in [0.5, 0.6) is 0 Å². The van der Waals surface area contributed by atoms with Gasteiger partial charge in [-0.05, 0) is 80.9 Å². The Morgan fingerprint density at radius 3 is 1.71 bits per heavy atom. The number of imidazole rings is 1. The van der Waals surface area contributed by atoms with E-state index >= 15 is 0 Å². The molecule has 0 aliphatic heterocycles. The minimum absolute atomic E-state index is 0.266. The lowest BCUT2D eigenvalue weighted by Gasteiger charge is -2.25. The van der Waals surface area contributed by atoms with Crippen molar-refractivity contribution in [3.05, 3.63) is 144 Å². The van der Waals surface area contributed by atoms with Crippen molar-refractivity contribution in [1.82, 2.24) is 9.55 Å². The van der Waals surface area contributed by atoms with Gasteiger partial charge in [-0.15, -0.1) is 0 Å². The molecule has 0 unspecified atom stereocenters. The summed E-state index contributed by atoms with van der Waals surface area (Å²) in [6.45, 7) is 9.13. The van der Waals surface area contributed by atoms with Crippen LogP contribution in [0.3, 0.4) is 0 Å². The standard InChI is InChI=1S/C42H35N3/c1-27(2)37-24-35(32-18-16-31(17-19-32)30-11-7-5-8-12-30)25-38(28(3)4)40(37)45-41-36-21-15-29(26-43)23-34(36)20-22-39(41)44-42(45)33-13-9-6-10-14-33/h5-25,27-28H,1-4H3. The van der Waals surface area contributed by atoms with E-state index in [0.29, 0.717) is 5.56 Å². The summed E-state index contributed by atoms with van der Waals surface area (Å²) < 4.78 is 2.39. The van der Waals surface area contributed by atoms with Crippen LogP contribution >= 0.6 is 0 Å². The number of aromatic nitrogens is 2. The number of benzene rings is 6. The van der Waals surface area contributed by atoms with Crippen molar-refractivity contribution in [3.63, 3.8) is 0 Å². The first-order valence-corrected chi connectivity index (χ1v) is 15.7. The third-order valence-corrected chi connectivity index (χ3v) is 8.75. The monoisotopic (exact) mass is 581 g/mol. The summed E-state index contributed by atoms with van der Waals surface area (Å²) in [6, 6.07) is 47.1. The van der Waals surface area contributed by atoms with E-state index in [9.17, 15) is 5.26 Å². The van der Waals surface area contributed by atoms with E-state index < -0.39 is 0 Å². The number of hydrogen-bond donors (Lipinski definition) is 0. The van der Waals surface area contributed by atoms with Gasteiger partial charge < -0.3 is 0 Å². The van der Waals surface area contributed by atoms with Crippen molar-refractivity contribution in [2.75, 3.05) is 0 Å². The molecule has 0 aliphatic carbocycles. The predicted octanol–water partition coefficient (Wildman–Crippen LogP) is 11.3. The van der Waals surface area contributed by atoms with Crippen LogP contribution in [0.4, 0.5) is 0 Å². The minimum atomic E-state index is 0.266. The Bertz CT molecular complexity index is 2170. The van der Waals surface area contributed by atoms with Gasteiger partial charge in [0.2, 0.25) is 0 Å². The highest BCUT2D eigenvalue weighted by atomic mass is 15.1. The number of nitrogens with zero attached hydrogens (tertiary/aromatic N) is 3. The van der Waals surface area contributed by atoms with Crippen LogP contribution in [0.2, 0.25) is 0 Å². The maximum atomic E-state index is 9.62. The van der Waals surface area contributed by atoms with Gasteiger partial charge in [0, 0.05) is 10.9 Å². The molecule has 0 saturated carbocycles. The van der Waals surface area contributed by atoms with Crippen LogP contribution in [-0.2, 0) is 0 Å². The third kappa shape index (κ3) is 5.09. The van der Waals surface area contributed by atoms with Crippen molar-refractivity contribution < 1.29 is 0 Å². The fraction of sp³-hybridized carbons (Fsp3) is 0.143. The second kappa shape index (κ2) is 11.6. The van der Waals surface area contributed by atoms with Crippen LogP contribution in [0.15, 0.2) is 127 Å². The van der Waals surface area contributed by atoms with E-state index in [1.54, 1.807) is 0 Å². The molecule has 45 heavy (non-hydrogen) atoms. The topological polar surface area (TPSA) is 41.6 Å². The molecule has 1 aromatic heterocycles. The largest absolute Gasteiger partial charge is 0.291 e. The Morgan fingerprint density at radius 1 is 0.578 bits per heavy atom. The summed E-state index contributed by atoms with van der Waals surface area (Å²) in [4.78, 5) is 5.27. The molecule has 7 aromatic rings. The summed E-state index contributed by atoms with van der Waals surface area (Å²) in [5.74, 6) is 1.45. The van der Waals surface area contributed by atoms with E-state index in [4.69, 9.17) is 4.98 Å². The van der Waals surface area contributed by atoms with Gasteiger partial charge in [0.05, 0.1) is 28.4 Å².